The number of halogens is 1. The molecule has 1 saturated heterocycles. The monoisotopic (exact) mass is 448 g/mol. The van der Waals surface area contributed by atoms with Gasteiger partial charge in [-0.25, -0.2) is 0 Å². The molecule has 2 amide bonds. The summed E-state index contributed by atoms with van der Waals surface area (Å²) in [6, 6.07) is 22.9. The van der Waals surface area contributed by atoms with E-state index >= 15 is 0 Å². The number of amides is 2. The van der Waals surface area contributed by atoms with Crippen molar-refractivity contribution < 1.29 is 14.3 Å². The lowest BCUT2D eigenvalue weighted by molar-refractivity contribution is -0.126. The minimum Gasteiger partial charge on any atom is -0.489 e. The number of carbonyl (C=O) groups excluding carboxylic acids is 2. The van der Waals surface area contributed by atoms with Crippen LogP contribution in [0.4, 0.5) is 5.69 Å². The average molecular weight is 449 g/mol. The first kappa shape index (κ1) is 21.9. The molecule has 3 aromatic carbocycles. The topological polar surface area (TPSA) is 58.6 Å². The highest BCUT2D eigenvalue weighted by Gasteiger charge is 2.35. The molecule has 0 spiro atoms. The van der Waals surface area contributed by atoms with Crippen LogP contribution in [0.2, 0.25) is 5.02 Å². The zero-order valence-electron chi connectivity index (χ0n) is 17.9. The van der Waals surface area contributed by atoms with Crippen LogP contribution in [-0.4, -0.2) is 18.4 Å². The Bertz CT molecular complexity index is 1100. The maximum atomic E-state index is 12.6. The Kier molecular flexibility index (Phi) is 6.76. The van der Waals surface area contributed by atoms with E-state index in [4.69, 9.17) is 16.3 Å². The molecule has 6 heteroatoms. The van der Waals surface area contributed by atoms with Gasteiger partial charge in [-0.2, -0.15) is 0 Å². The lowest BCUT2D eigenvalue weighted by Crippen LogP contribution is -2.32. The van der Waals surface area contributed by atoms with Crippen molar-refractivity contribution in [3.63, 3.8) is 0 Å². The Morgan fingerprint density at radius 3 is 2.50 bits per heavy atom. The van der Waals surface area contributed by atoms with Gasteiger partial charge < -0.3 is 15.0 Å². The van der Waals surface area contributed by atoms with E-state index in [9.17, 15) is 9.59 Å². The van der Waals surface area contributed by atoms with Crippen molar-refractivity contribution in [2.75, 3.05) is 11.4 Å². The number of hydrogen-bond donors (Lipinski definition) is 1. The third-order valence-corrected chi connectivity index (χ3v) is 5.95. The SMILES string of the molecule is Cc1ccc(CNC(=O)C2CC(=O)N(c3ccc(OCc4ccccc4Cl)cc3)C2)cc1. The first-order valence-electron chi connectivity index (χ1n) is 10.6. The highest BCUT2D eigenvalue weighted by Crippen LogP contribution is 2.27. The Labute approximate surface area is 193 Å². The fourth-order valence-electron chi connectivity index (χ4n) is 3.67. The zero-order valence-corrected chi connectivity index (χ0v) is 18.6. The van der Waals surface area contributed by atoms with Crippen molar-refractivity contribution in [3.05, 3.63) is 94.5 Å². The summed E-state index contributed by atoms with van der Waals surface area (Å²) in [5.41, 5.74) is 3.89. The highest BCUT2D eigenvalue weighted by molar-refractivity contribution is 6.31. The van der Waals surface area contributed by atoms with Gasteiger partial charge in [-0.05, 0) is 42.8 Å². The van der Waals surface area contributed by atoms with Gasteiger partial charge in [-0.15, -0.1) is 0 Å². The van der Waals surface area contributed by atoms with Crippen molar-refractivity contribution in [3.8, 4) is 5.75 Å². The second-order valence-corrected chi connectivity index (χ2v) is 8.39. The number of hydrogen-bond acceptors (Lipinski definition) is 3. The van der Waals surface area contributed by atoms with Gasteiger partial charge in [-0.1, -0.05) is 59.6 Å². The average Bonchev–Trinajstić information content (AvgIpc) is 3.20. The first-order valence-corrected chi connectivity index (χ1v) is 11.0. The van der Waals surface area contributed by atoms with Crippen LogP contribution in [0.25, 0.3) is 0 Å². The molecule has 0 bridgehead atoms. The molecular formula is C26H25ClN2O3. The minimum atomic E-state index is -0.357. The molecule has 5 nitrogen and oxygen atoms in total. The number of nitrogens with zero attached hydrogens (tertiary/aromatic N) is 1. The lowest BCUT2D eigenvalue weighted by atomic mass is 10.1. The molecule has 0 radical (unpaired) electrons. The second kappa shape index (κ2) is 9.88. The number of rotatable bonds is 7. The van der Waals surface area contributed by atoms with Gasteiger partial charge in [0.25, 0.3) is 0 Å². The molecule has 3 aromatic rings. The van der Waals surface area contributed by atoms with Crippen LogP contribution in [0.5, 0.6) is 5.75 Å². The van der Waals surface area contributed by atoms with E-state index in [2.05, 4.69) is 5.32 Å². The number of ether oxygens (including phenoxy) is 1. The van der Waals surface area contributed by atoms with Crippen molar-refractivity contribution in [1.82, 2.24) is 5.32 Å². The summed E-state index contributed by atoms with van der Waals surface area (Å²) in [4.78, 5) is 26.8. The minimum absolute atomic E-state index is 0.0507. The molecule has 1 heterocycles. The number of benzene rings is 3. The summed E-state index contributed by atoms with van der Waals surface area (Å²) in [6.07, 6.45) is 0.213. The predicted molar refractivity (Wildman–Crippen MR) is 126 cm³/mol. The maximum absolute atomic E-state index is 12.6. The number of carbonyl (C=O) groups is 2. The quantitative estimate of drug-likeness (QED) is 0.559. The third kappa shape index (κ3) is 5.29. The molecule has 4 rings (SSSR count). The van der Waals surface area contributed by atoms with Crippen molar-refractivity contribution >= 4 is 29.1 Å². The number of nitrogens with one attached hydrogen (secondary N) is 1. The summed E-state index contributed by atoms with van der Waals surface area (Å²) in [6.45, 7) is 3.23. The summed E-state index contributed by atoms with van der Waals surface area (Å²) < 4.78 is 5.81. The standard InChI is InChI=1S/C26H25ClN2O3/c1-18-6-8-19(9-7-18)15-28-26(31)21-14-25(30)29(16-21)22-10-12-23(13-11-22)32-17-20-4-2-3-5-24(20)27/h2-13,21H,14-17H2,1H3,(H,28,31). The first-order chi connectivity index (χ1) is 15.5. The van der Waals surface area contributed by atoms with Crippen LogP contribution in [0.3, 0.4) is 0 Å². The zero-order chi connectivity index (χ0) is 22.5. The normalized spacial score (nSPS) is 15.6. The van der Waals surface area contributed by atoms with E-state index in [-0.39, 0.29) is 24.2 Å². The summed E-state index contributed by atoms with van der Waals surface area (Å²) in [7, 11) is 0. The molecule has 1 aliphatic rings. The molecule has 0 aromatic heterocycles. The lowest BCUT2D eigenvalue weighted by Gasteiger charge is -2.17. The predicted octanol–water partition coefficient (Wildman–Crippen LogP) is 4.90. The van der Waals surface area contributed by atoms with Crippen LogP contribution in [-0.2, 0) is 22.7 Å². The summed E-state index contributed by atoms with van der Waals surface area (Å²) in [5.74, 6) is 0.183. The summed E-state index contributed by atoms with van der Waals surface area (Å²) >= 11 is 6.16. The van der Waals surface area contributed by atoms with Crippen LogP contribution in [0, 0.1) is 12.8 Å². The Morgan fingerprint density at radius 2 is 1.78 bits per heavy atom. The molecule has 1 fully saturated rings. The van der Waals surface area contributed by atoms with E-state index < -0.39 is 0 Å². The molecule has 0 saturated carbocycles. The van der Waals surface area contributed by atoms with Crippen molar-refractivity contribution in [1.29, 1.82) is 0 Å². The van der Waals surface area contributed by atoms with E-state index in [1.807, 2.05) is 79.7 Å². The molecule has 164 valence electrons. The van der Waals surface area contributed by atoms with Crippen LogP contribution in [0.1, 0.15) is 23.1 Å². The molecule has 32 heavy (non-hydrogen) atoms. The fourth-order valence-corrected chi connectivity index (χ4v) is 3.86. The van der Waals surface area contributed by atoms with Crippen LogP contribution >= 0.6 is 11.6 Å². The smallest absolute Gasteiger partial charge is 0.227 e. The Morgan fingerprint density at radius 1 is 1.06 bits per heavy atom. The van der Waals surface area contributed by atoms with Crippen LogP contribution in [0.15, 0.2) is 72.8 Å². The Hall–Kier alpha value is -3.31. The van der Waals surface area contributed by atoms with Gasteiger partial charge in [0.2, 0.25) is 11.8 Å². The largest absolute Gasteiger partial charge is 0.489 e. The van der Waals surface area contributed by atoms with Gasteiger partial charge in [0, 0.05) is 35.8 Å². The summed E-state index contributed by atoms with van der Waals surface area (Å²) in [5, 5.41) is 3.62. The molecule has 0 aliphatic carbocycles. The van der Waals surface area contributed by atoms with Gasteiger partial charge in [0.15, 0.2) is 0 Å². The van der Waals surface area contributed by atoms with E-state index in [1.165, 1.54) is 5.56 Å². The van der Waals surface area contributed by atoms with Crippen molar-refractivity contribution in [2.45, 2.75) is 26.5 Å². The molecule has 1 atom stereocenters. The third-order valence-electron chi connectivity index (χ3n) is 5.58. The molecular weight excluding hydrogens is 424 g/mol. The number of aryl methyl sites for hydroxylation is 1. The number of anilines is 1. The van der Waals surface area contributed by atoms with Gasteiger partial charge in [0.05, 0.1) is 5.92 Å². The fraction of sp³-hybridized carbons (Fsp3) is 0.231. The van der Waals surface area contributed by atoms with E-state index in [1.54, 1.807) is 4.90 Å². The molecule has 1 aliphatic heterocycles. The van der Waals surface area contributed by atoms with E-state index in [0.29, 0.717) is 30.5 Å². The van der Waals surface area contributed by atoms with Crippen LogP contribution < -0.4 is 15.0 Å². The van der Waals surface area contributed by atoms with Gasteiger partial charge >= 0.3 is 0 Å². The highest BCUT2D eigenvalue weighted by atomic mass is 35.5. The van der Waals surface area contributed by atoms with E-state index in [0.717, 1.165) is 16.8 Å². The van der Waals surface area contributed by atoms with Crippen molar-refractivity contribution in [2.24, 2.45) is 5.92 Å². The van der Waals surface area contributed by atoms with Gasteiger partial charge in [-0.3, -0.25) is 9.59 Å². The molecule has 1 N–H and O–H groups in total. The van der Waals surface area contributed by atoms with Gasteiger partial charge in [0.1, 0.15) is 12.4 Å². The molecule has 1 unspecified atom stereocenters. The Balaban J connectivity index is 1.31. The second-order valence-electron chi connectivity index (χ2n) is 7.98. The maximum Gasteiger partial charge on any atom is 0.227 e.